The van der Waals surface area contributed by atoms with Crippen molar-refractivity contribution < 1.29 is 17.6 Å². The zero-order valence-corrected chi connectivity index (χ0v) is 15.5. The topological polar surface area (TPSA) is 48.3 Å². The molecule has 0 N–H and O–H groups in total. The number of aromatic nitrogens is 4. The molecule has 4 aromatic rings. The minimum atomic E-state index is -4.54. The Balaban J connectivity index is 1.93. The molecule has 0 aliphatic heterocycles. The van der Waals surface area contributed by atoms with Gasteiger partial charge in [0.2, 0.25) is 5.71 Å². The van der Waals surface area contributed by atoms with Crippen LogP contribution < -0.4 is 0 Å². The van der Waals surface area contributed by atoms with Crippen LogP contribution in [0.2, 0.25) is 10.0 Å². The van der Waals surface area contributed by atoms with E-state index in [0.717, 1.165) is 10.7 Å². The maximum absolute atomic E-state index is 12.9. The molecule has 0 atom stereocenters. The summed E-state index contributed by atoms with van der Waals surface area (Å²) in [5, 5.41) is 8.91. The summed E-state index contributed by atoms with van der Waals surface area (Å²) in [6, 6.07) is 5.91. The molecule has 3 aromatic heterocycles. The van der Waals surface area contributed by atoms with E-state index in [4.69, 9.17) is 27.6 Å². The summed E-state index contributed by atoms with van der Waals surface area (Å²) in [5.74, 6) is 0.506. The summed E-state index contributed by atoms with van der Waals surface area (Å²) < 4.78 is 47.1. The predicted octanol–water partition coefficient (Wildman–Crippen LogP) is 5.72. The number of alkyl halides is 3. The largest absolute Gasteiger partial charge is 0.439 e. The molecule has 0 amide bonds. The molecule has 1 aromatic carbocycles. The van der Waals surface area contributed by atoms with Gasteiger partial charge < -0.3 is 4.42 Å². The highest BCUT2D eigenvalue weighted by molar-refractivity contribution is 6.36. The summed E-state index contributed by atoms with van der Waals surface area (Å²) in [6.45, 7) is 3.38. The van der Waals surface area contributed by atoms with Crippen molar-refractivity contribution in [1.29, 1.82) is 0 Å². The monoisotopic (exact) mass is 414 g/mol. The molecule has 0 spiro atoms. The van der Waals surface area contributed by atoms with Crippen LogP contribution in [0.25, 0.3) is 22.7 Å². The molecule has 0 unspecified atom stereocenters. The number of fused-ring (bicyclic) bond motifs is 1. The summed E-state index contributed by atoms with van der Waals surface area (Å²) in [5.41, 5.74) is 1.28. The normalized spacial score (nSPS) is 12.3. The van der Waals surface area contributed by atoms with Crippen LogP contribution in [0.3, 0.4) is 0 Å². The highest BCUT2D eigenvalue weighted by atomic mass is 35.5. The minimum Gasteiger partial charge on any atom is -0.439 e. The Morgan fingerprint density at radius 3 is 2.44 bits per heavy atom. The number of halogens is 5. The Morgan fingerprint density at radius 2 is 1.81 bits per heavy atom. The second-order valence-corrected chi connectivity index (χ2v) is 6.77. The molecule has 0 aliphatic rings. The lowest BCUT2D eigenvalue weighted by molar-refractivity contribution is -0.141. The van der Waals surface area contributed by atoms with Crippen LogP contribution in [-0.2, 0) is 6.18 Å². The van der Waals surface area contributed by atoms with Crippen LogP contribution in [0.15, 0.2) is 34.9 Å². The molecule has 10 heteroatoms. The quantitative estimate of drug-likeness (QED) is 0.421. The van der Waals surface area contributed by atoms with Crippen molar-refractivity contribution in [2.45, 2.75) is 20.0 Å². The maximum Gasteiger partial charge on any atom is 0.435 e. The summed E-state index contributed by atoms with van der Waals surface area (Å²) >= 11 is 12.3. The van der Waals surface area contributed by atoms with Gasteiger partial charge in [-0.15, -0.1) is 0 Å². The highest BCUT2D eigenvalue weighted by Crippen LogP contribution is 2.36. The Labute approximate surface area is 160 Å². The number of hydrogen-bond acceptors (Lipinski definition) is 3. The van der Waals surface area contributed by atoms with Gasteiger partial charge >= 0.3 is 6.18 Å². The molecular weight excluding hydrogens is 404 g/mol. The molecule has 4 rings (SSSR count). The van der Waals surface area contributed by atoms with Gasteiger partial charge in [0.15, 0.2) is 11.4 Å². The van der Waals surface area contributed by atoms with Gasteiger partial charge in [0.1, 0.15) is 11.5 Å². The lowest BCUT2D eigenvalue weighted by atomic mass is 10.1. The molecule has 0 aliphatic carbocycles. The van der Waals surface area contributed by atoms with Gasteiger partial charge in [0.25, 0.3) is 0 Å². The molecule has 5 nitrogen and oxygen atoms in total. The zero-order valence-electron chi connectivity index (χ0n) is 14.0. The number of rotatable bonds is 2. The molecule has 0 bridgehead atoms. The van der Waals surface area contributed by atoms with E-state index < -0.39 is 11.9 Å². The van der Waals surface area contributed by atoms with Crippen molar-refractivity contribution in [1.82, 2.24) is 19.4 Å². The third kappa shape index (κ3) is 2.89. The van der Waals surface area contributed by atoms with Crippen molar-refractivity contribution in [3.8, 4) is 16.9 Å². The summed E-state index contributed by atoms with van der Waals surface area (Å²) in [7, 11) is 0. The van der Waals surface area contributed by atoms with Gasteiger partial charge in [-0.05, 0) is 38.1 Å². The van der Waals surface area contributed by atoms with Crippen LogP contribution in [0.5, 0.6) is 0 Å². The molecule has 0 radical (unpaired) electrons. The Morgan fingerprint density at radius 1 is 1.07 bits per heavy atom. The van der Waals surface area contributed by atoms with Crippen molar-refractivity contribution in [3.05, 3.63) is 57.7 Å². The Kier molecular flexibility index (Phi) is 4.01. The number of aryl methyl sites for hydroxylation is 2. The van der Waals surface area contributed by atoms with Crippen molar-refractivity contribution >= 4 is 28.9 Å². The Bertz CT molecular complexity index is 1170. The fourth-order valence-electron chi connectivity index (χ4n) is 2.93. The first-order valence-corrected chi connectivity index (χ1v) is 8.50. The van der Waals surface area contributed by atoms with Crippen LogP contribution >= 0.6 is 23.2 Å². The third-order valence-corrected chi connectivity index (χ3v) is 4.63. The lowest BCUT2D eigenvalue weighted by Gasteiger charge is -2.03. The van der Waals surface area contributed by atoms with Gasteiger partial charge in [-0.1, -0.05) is 23.2 Å². The minimum absolute atomic E-state index is 0.267. The Hall–Kier alpha value is -2.45. The van der Waals surface area contributed by atoms with Crippen LogP contribution in [0, 0.1) is 13.8 Å². The van der Waals surface area contributed by atoms with Crippen molar-refractivity contribution in [2.24, 2.45) is 0 Å². The van der Waals surface area contributed by atoms with Gasteiger partial charge in [-0.2, -0.15) is 27.9 Å². The lowest BCUT2D eigenvalue weighted by Crippen LogP contribution is -2.07. The molecule has 27 heavy (non-hydrogen) atoms. The second kappa shape index (κ2) is 6.03. The molecule has 140 valence electrons. The summed E-state index contributed by atoms with van der Waals surface area (Å²) in [4.78, 5) is 0. The van der Waals surface area contributed by atoms with E-state index in [1.54, 1.807) is 32.0 Å². The molecular formula is C17H11Cl2F3N4O. The first kappa shape index (κ1) is 17.9. The number of hydrogen-bond donors (Lipinski definition) is 0. The van der Waals surface area contributed by atoms with Crippen LogP contribution in [0.4, 0.5) is 13.2 Å². The van der Waals surface area contributed by atoms with E-state index in [1.807, 2.05) is 0 Å². The maximum atomic E-state index is 12.9. The van der Waals surface area contributed by atoms with E-state index in [0.29, 0.717) is 38.4 Å². The first-order chi connectivity index (χ1) is 12.7. The standard InChI is InChI=1S/C17H11Cl2F3N4O/c1-8-14(25-6-5-13(24-25)17(20,21)22)16-26(23-8)15(9(2)27-16)11-4-3-10(18)7-12(11)19/h3-7H,1-2H3. The average Bonchev–Trinajstić information content (AvgIpc) is 3.22. The average molecular weight is 415 g/mol. The van der Waals surface area contributed by atoms with Gasteiger partial charge in [0, 0.05) is 16.8 Å². The molecule has 0 saturated heterocycles. The fraction of sp³-hybridized carbons (Fsp3) is 0.176. The van der Waals surface area contributed by atoms with Gasteiger partial charge in [-0.3, -0.25) is 0 Å². The van der Waals surface area contributed by atoms with Crippen molar-refractivity contribution in [3.63, 3.8) is 0 Å². The molecule has 3 heterocycles. The number of benzene rings is 1. The van der Waals surface area contributed by atoms with E-state index in [-0.39, 0.29) is 5.71 Å². The van der Waals surface area contributed by atoms with Gasteiger partial charge in [0.05, 0.1) is 10.7 Å². The molecule has 0 fully saturated rings. The van der Waals surface area contributed by atoms with Crippen LogP contribution in [0.1, 0.15) is 17.1 Å². The fourth-order valence-corrected chi connectivity index (χ4v) is 3.43. The predicted molar refractivity (Wildman–Crippen MR) is 94.5 cm³/mol. The smallest absolute Gasteiger partial charge is 0.435 e. The third-order valence-electron chi connectivity index (χ3n) is 4.08. The van der Waals surface area contributed by atoms with E-state index >= 15 is 0 Å². The number of nitrogens with zero attached hydrogens (tertiary/aromatic N) is 4. The highest BCUT2D eigenvalue weighted by Gasteiger charge is 2.34. The second-order valence-electron chi connectivity index (χ2n) is 5.93. The van der Waals surface area contributed by atoms with E-state index in [9.17, 15) is 13.2 Å². The van der Waals surface area contributed by atoms with E-state index in [1.165, 1.54) is 10.7 Å². The SMILES string of the molecule is Cc1nn2c(-c3ccc(Cl)cc3Cl)c(C)oc2c1-n1ccc(C(F)(F)F)n1. The zero-order chi connectivity index (χ0) is 19.5. The van der Waals surface area contributed by atoms with Crippen LogP contribution in [-0.4, -0.2) is 19.4 Å². The summed E-state index contributed by atoms with van der Waals surface area (Å²) in [6.07, 6.45) is -3.31. The van der Waals surface area contributed by atoms with Crippen molar-refractivity contribution in [2.75, 3.05) is 0 Å². The van der Waals surface area contributed by atoms with E-state index in [2.05, 4.69) is 10.2 Å². The molecule has 0 saturated carbocycles. The number of oxazole rings is 1. The first-order valence-electron chi connectivity index (χ1n) is 7.74. The van der Waals surface area contributed by atoms with Gasteiger partial charge in [-0.25, -0.2) is 4.68 Å².